The molecule has 0 atom stereocenters. The molecule has 2 heterocycles. The van der Waals surface area contributed by atoms with Crippen LogP contribution in [0.25, 0.3) is 94.3 Å². The van der Waals surface area contributed by atoms with Crippen molar-refractivity contribution in [2.45, 2.75) is 19.3 Å². The number of aromatic nitrogens is 1. The van der Waals surface area contributed by atoms with E-state index >= 15 is 0 Å². The molecular weight excluding hydrogens is 825 g/mol. The standard InChI is InChI=1S/C65H46N2O/c1-65(2)58-29-13-11-25-57(58)60-61(65)63(46-18-5-3-6-19-46)67(48-21-7-4-8-22-48)62(60)47-35-41-51(42-36-47)66(49-37-31-44(32-38-49)53-26-15-20-43-17-9-10-23-52(43)53)50-39-33-45(34-40-50)54-27-16-28-56-55-24-12-14-30-59(55)68-64(54)56/h3-42H,1-2H3. The minimum absolute atomic E-state index is 0.219. The topological polar surface area (TPSA) is 21.3 Å². The summed E-state index contributed by atoms with van der Waals surface area (Å²) in [5.41, 5.74) is 20.6. The van der Waals surface area contributed by atoms with Crippen LogP contribution in [-0.4, -0.2) is 4.57 Å². The van der Waals surface area contributed by atoms with Crippen molar-refractivity contribution in [2.75, 3.05) is 4.90 Å². The molecule has 68 heavy (non-hydrogen) atoms. The van der Waals surface area contributed by atoms with Crippen LogP contribution in [0.15, 0.2) is 247 Å². The number of hydrogen-bond acceptors (Lipinski definition) is 2. The summed E-state index contributed by atoms with van der Waals surface area (Å²) in [4.78, 5) is 2.37. The molecule has 1 aliphatic carbocycles. The quantitative estimate of drug-likeness (QED) is 0.152. The first-order valence-electron chi connectivity index (χ1n) is 23.5. The van der Waals surface area contributed by atoms with E-state index in [0.29, 0.717) is 0 Å². The van der Waals surface area contributed by atoms with Crippen LogP contribution >= 0.6 is 0 Å². The number of rotatable bonds is 8. The number of benzene rings is 10. The van der Waals surface area contributed by atoms with Crippen LogP contribution in [0.3, 0.4) is 0 Å². The maximum absolute atomic E-state index is 6.49. The molecule has 1 aliphatic rings. The fraction of sp³-hybridized carbons (Fsp3) is 0.0462. The lowest BCUT2D eigenvalue weighted by Gasteiger charge is -2.26. The van der Waals surface area contributed by atoms with Crippen molar-refractivity contribution < 1.29 is 4.42 Å². The summed E-state index contributed by atoms with van der Waals surface area (Å²) in [7, 11) is 0. The van der Waals surface area contributed by atoms with E-state index in [9.17, 15) is 0 Å². The Labute approximate surface area is 396 Å². The van der Waals surface area contributed by atoms with Gasteiger partial charge in [0.05, 0.1) is 11.4 Å². The van der Waals surface area contributed by atoms with Crippen molar-refractivity contribution in [3.05, 3.63) is 254 Å². The maximum atomic E-state index is 6.49. The Hall–Kier alpha value is -8.66. The van der Waals surface area contributed by atoms with Gasteiger partial charge in [0.25, 0.3) is 0 Å². The minimum Gasteiger partial charge on any atom is -0.455 e. The number of fused-ring (bicyclic) bond motifs is 7. The zero-order valence-corrected chi connectivity index (χ0v) is 37.9. The molecule has 0 saturated heterocycles. The highest BCUT2D eigenvalue weighted by Gasteiger charge is 2.43. The zero-order valence-electron chi connectivity index (χ0n) is 37.9. The first-order valence-corrected chi connectivity index (χ1v) is 23.5. The first kappa shape index (κ1) is 39.7. The molecular formula is C65H46N2O. The monoisotopic (exact) mass is 870 g/mol. The predicted molar refractivity (Wildman–Crippen MR) is 285 cm³/mol. The molecule has 3 heteroatoms. The van der Waals surface area contributed by atoms with Crippen LogP contribution in [-0.2, 0) is 5.41 Å². The Morgan fingerprint density at radius 2 is 0.882 bits per heavy atom. The lowest BCUT2D eigenvalue weighted by molar-refractivity contribution is 0.660. The molecule has 0 saturated carbocycles. The summed E-state index contributed by atoms with van der Waals surface area (Å²) in [6, 6.07) is 87.9. The van der Waals surface area contributed by atoms with E-state index < -0.39 is 0 Å². The second-order valence-electron chi connectivity index (χ2n) is 18.4. The molecule has 0 bridgehead atoms. The van der Waals surface area contributed by atoms with Gasteiger partial charge >= 0.3 is 0 Å². The highest BCUT2D eigenvalue weighted by Crippen LogP contribution is 2.58. The summed E-state index contributed by atoms with van der Waals surface area (Å²) >= 11 is 0. The lowest BCUT2D eigenvalue weighted by atomic mass is 9.81. The first-order chi connectivity index (χ1) is 33.5. The summed E-state index contributed by atoms with van der Waals surface area (Å²) in [6.45, 7) is 4.77. The van der Waals surface area contributed by atoms with Gasteiger partial charge in [0, 0.05) is 50.1 Å². The molecule has 0 fully saturated rings. The lowest BCUT2D eigenvalue weighted by Crippen LogP contribution is -2.16. The summed E-state index contributed by atoms with van der Waals surface area (Å²) in [5, 5.41) is 4.74. The van der Waals surface area contributed by atoms with Crippen LogP contribution in [0, 0.1) is 0 Å². The van der Waals surface area contributed by atoms with E-state index in [0.717, 1.165) is 61.4 Å². The van der Waals surface area contributed by atoms with E-state index in [1.807, 2.05) is 12.1 Å². The predicted octanol–water partition coefficient (Wildman–Crippen LogP) is 18.0. The fourth-order valence-corrected chi connectivity index (χ4v) is 11.0. The average Bonchev–Trinajstić information content (AvgIpc) is 4.04. The van der Waals surface area contributed by atoms with Crippen molar-refractivity contribution in [3.63, 3.8) is 0 Å². The van der Waals surface area contributed by atoms with Crippen molar-refractivity contribution in [1.82, 2.24) is 4.57 Å². The van der Waals surface area contributed by atoms with Gasteiger partial charge in [-0.2, -0.15) is 0 Å². The van der Waals surface area contributed by atoms with Crippen LogP contribution in [0.5, 0.6) is 0 Å². The van der Waals surface area contributed by atoms with Gasteiger partial charge in [-0.3, -0.25) is 0 Å². The molecule has 13 rings (SSSR count). The molecule has 10 aromatic carbocycles. The van der Waals surface area contributed by atoms with E-state index in [4.69, 9.17) is 4.42 Å². The van der Waals surface area contributed by atoms with Crippen molar-refractivity contribution >= 4 is 49.8 Å². The van der Waals surface area contributed by atoms with Crippen LogP contribution in [0.1, 0.15) is 25.0 Å². The smallest absolute Gasteiger partial charge is 0.143 e. The van der Waals surface area contributed by atoms with Crippen molar-refractivity contribution in [3.8, 4) is 61.6 Å². The third kappa shape index (κ3) is 6.27. The maximum Gasteiger partial charge on any atom is 0.143 e. The molecule has 0 radical (unpaired) electrons. The summed E-state index contributed by atoms with van der Waals surface area (Å²) < 4.78 is 9.00. The van der Waals surface area contributed by atoms with Gasteiger partial charge < -0.3 is 13.9 Å². The van der Waals surface area contributed by atoms with Crippen LogP contribution < -0.4 is 4.90 Å². The molecule has 0 aliphatic heterocycles. The van der Waals surface area contributed by atoms with Gasteiger partial charge in [0.2, 0.25) is 0 Å². The van der Waals surface area contributed by atoms with Crippen molar-refractivity contribution in [1.29, 1.82) is 0 Å². The fourth-order valence-electron chi connectivity index (χ4n) is 11.0. The molecule has 3 nitrogen and oxygen atoms in total. The normalized spacial score (nSPS) is 12.7. The summed E-state index contributed by atoms with van der Waals surface area (Å²) in [6.07, 6.45) is 0. The second kappa shape index (κ2) is 15.8. The number of para-hydroxylation sites is 3. The average molecular weight is 871 g/mol. The number of furan rings is 1. The molecule has 12 aromatic rings. The second-order valence-corrected chi connectivity index (χ2v) is 18.4. The Kier molecular flexibility index (Phi) is 9.19. The third-order valence-electron chi connectivity index (χ3n) is 14.2. The van der Waals surface area contributed by atoms with Gasteiger partial charge in [-0.1, -0.05) is 202 Å². The zero-order chi connectivity index (χ0) is 45.3. The Bertz CT molecular complexity index is 3840. The highest BCUT2D eigenvalue weighted by molar-refractivity contribution is 6.09. The van der Waals surface area contributed by atoms with E-state index in [1.54, 1.807) is 0 Å². The highest BCUT2D eigenvalue weighted by atomic mass is 16.3. The SMILES string of the molecule is CC1(C)c2ccccc2-c2c1c(-c1ccccc1)n(-c1ccccc1)c2-c1ccc(N(c2ccc(-c3cccc4ccccc34)cc2)c2ccc(-c3cccc4c3oc3ccccc34)cc2)cc1. The van der Waals surface area contributed by atoms with Gasteiger partial charge in [-0.05, 0) is 110 Å². The Morgan fingerprint density at radius 3 is 1.60 bits per heavy atom. The molecule has 0 N–H and O–H groups in total. The molecule has 0 spiro atoms. The molecule has 0 amide bonds. The largest absolute Gasteiger partial charge is 0.455 e. The molecule has 2 aromatic heterocycles. The van der Waals surface area contributed by atoms with E-state index in [1.165, 1.54) is 61.1 Å². The van der Waals surface area contributed by atoms with E-state index in [-0.39, 0.29) is 5.41 Å². The summed E-state index contributed by atoms with van der Waals surface area (Å²) in [5.74, 6) is 0. The van der Waals surface area contributed by atoms with Gasteiger partial charge in [0.1, 0.15) is 11.2 Å². The Balaban J connectivity index is 0.972. The molecule has 0 unspecified atom stereocenters. The molecule has 322 valence electrons. The van der Waals surface area contributed by atoms with Gasteiger partial charge in [-0.15, -0.1) is 0 Å². The Morgan fingerprint density at radius 1 is 0.382 bits per heavy atom. The number of nitrogens with zero attached hydrogens (tertiary/aromatic N) is 2. The number of hydrogen-bond donors (Lipinski definition) is 0. The van der Waals surface area contributed by atoms with E-state index in [2.05, 4.69) is 254 Å². The van der Waals surface area contributed by atoms with Gasteiger partial charge in [-0.25, -0.2) is 0 Å². The third-order valence-corrected chi connectivity index (χ3v) is 14.2. The minimum atomic E-state index is -0.219. The van der Waals surface area contributed by atoms with Crippen LogP contribution in [0.4, 0.5) is 17.1 Å². The van der Waals surface area contributed by atoms with Crippen molar-refractivity contribution in [2.24, 2.45) is 0 Å². The van der Waals surface area contributed by atoms with Gasteiger partial charge in [0.15, 0.2) is 0 Å². The number of anilines is 3. The van der Waals surface area contributed by atoms with Crippen LogP contribution in [0.2, 0.25) is 0 Å².